The Morgan fingerprint density at radius 1 is 0.279 bits per heavy atom. The molecular formula is C67H130O17P2. The predicted molar refractivity (Wildman–Crippen MR) is 345 cm³/mol. The number of carbonyl (C=O) groups is 4. The van der Waals surface area contributed by atoms with Gasteiger partial charge in [0.2, 0.25) is 0 Å². The molecule has 86 heavy (non-hydrogen) atoms. The first-order chi connectivity index (χ1) is 41.7. The minimum atomic E-state index is -4.95. The Bertz CT molecular complexity index is 1650. The summed E-state index contributed by atoms with van der Waals surface area (Å²) in [5.74, 6) is -2.13. The average molecular weight is 1270 g/mol. The molecule has 0 spiro atoms. The summed E-state index contributed by atoms with van der Waals surface area (Å²) in [6, 6.07) is 0. The van der Waals surface area contributed by atoms with Gasteiger partial charge in [-0.1, -0.05) is 297 Å². The van der Waals surface area contributed by atoms with Crippen LogP contribution in [0.1, 0.15) is 349 Å². The number of hydrogen-bond donors (Lipinski definition) is 3. The highest BCUT2D eigenvalue weighted by Gasteiger charge is 2.30. The second-order valence-electron chi connectivity index (χ2n) is 24.2. The lowest BCUT2D eigenvalue weighted by Crippen LogP contribution is -2.30. The molecule has 0 aliphatic carbocycles. The summed E-state index contributed by atoms with van der Waals surface area (Å²) in [7, 11) is -9.88. The Balaban J connectivity index is 5.19. The third kappa shape index (κ3) is 60.9. The monoisotopic (exact) mass is 1270 g/mol. The van der Waals surface area contributed by atoms with Gasteiger partial charge in [-0.05, 0) is 25.7 Å². The molecule has 0 aromatic heterocycles. The number of ether oxygens (including phenoxy) is 4. The molecule has 0 rings (SSSR count). The van der Waals surface area contributed by atoms with Gasteiger partial charge in [0.25, 0.3) is 0 Å². The number of phosphoric acid groups is 2. The summed E-state index contributed by atoms with van der Waals surface area (Å²) < 4.78 is 68.0. The molecule has 0 saturated heterocycles. The number of rotatable bonds is 68. The summed E-state index contributed by atoms with van der Waals surface area (Å²) in [6.07, 6.45) is 48.6. The molecule has 0 saturated carbocycles. The third-order valence-corrected chi connectivity index (χ3v) is 17.5. The van der Waals surface area contributed by atoms with Crippen LogP contribution in [0.4, 0.5) is 0 Å². The first kappa shape index (κ1) is 84.1. The topological polar surface area (TPSA) is 237 Å². The molecule has 19 heteroatoms. The largest absolute Gasteiger partial charge is 0.472 e. The van der Waals surface area contributed by atoms with E-state index in [4.69, 9.17) is 37.0 Å². The maximum atomic E-state index is 13.0. The van der Waals surface area contributed by atoms with Crippen molar-refractivity contribution in [3.63, 3.8) is 0 Å². The van der Waals surface area contributed by atoms with E-state index < -0.39 is 97.5 Å². The minimum Gasteiger partial charge on any atom is -0.462 e. The third-order valence-electron chi connectivity index (χ3n) is 15.6. The fourth-order valence-electron chi connectivity index (χ4n) is 10.2. The van der Waals surface area contributed by atoms with E-state index in [1.54, 1.807) is 0 Å². The van der Waals surface area contributed by atoms with Gasteiger partial charge in [-0.15, -0.1) is 0 Å². The van der Waals surface area contributed by atoms with Gasteiger partial charge >= 0.3 is 39.5 Å². The van der Waals surface area contributed by atoms with Crippen molar-refractivity contribution in [3.05, 3.63) is 0 Å². The average Bonchev–Trinajstić information content (AvgIpc) is 3.62. The lowest BCUT2D eigenvalue weighted by molar-refractivity contribution is -0.161. The second kappa shape index (κ2) is 61.9. The summed E-state index contributed by atoms with van der Waals surface area (Å²) in [5, 5.41) is 10.5. The van der Waals surface area contributed by atoms with Crippen molar-refractivity contribution in [3.8, 4) is 0 Å². The summed E-state index contributed by atoms with van der Waals surface area (Å²) in [6.45, 7) is 4.87. The van der Waals surface area contributed by atoms with E-state index in [-0.39, 0.29) is 25.7 Å². The van der Waals surface area contributed by atoms with Crippen LogP contribution in [0.25, 0.3) is 0 Å². The summed E-state index contributed by atoms with van der Waals surface area (Å²) in [4.78, 5) is 72.2. The van der Waals surface area contributed by atoms with Crippen molar-refractivity contribution in [2.24, 2.45) is 0 Å². The van der Waals surface area contributed by atoms with Crippen LogP contribution in [0.3, 0.4) is 0 Å². The van der Waals surface area contributed by atoms with E-state index in [1.807, 2.05) is 0 Å². The van der Waals surface area contributed by atoms with Gasteiger partial charge in [-0.3, -0.25) is 37.3 Å². The van der Waals surface area contributed by atoms with Crippen molar-refractivity contribution in [1.82, 2.24) is 0 Å². The highest BCUT2D eigenvalue weighted by atomic mass is 31.2. The molecule has 3 N–H and O–H groups in total. The fraction of sp³-hybridized carbons (Fsp3) is 0.940. The van der Waals surface area contributed by atoms with Gasteiger partial charge in [0, 0.05) is 25.7 Å². The van der Waals surface area contributed by atoms with E-state index >= 15 is 0 Å². The number of esters is 4. The predicted octanol–water partition coefficient (Wildman–Crippen LogP) is 19.1. The Labute approximate surface area is 524 Å². The van der Waals surface area contributed by atoms with Gasteiger partial charge in [-0.25, -0.2) is 9.13 Å². The second-order valence-corrected chi connectivity index (χ2v) is 27.1. The fourth-order valence-corrected chi connectivity index (χ4v) is 11.7. The van der Waals surface area contributed by atoms with Crippen LogP contribution in [-0.4, -0.2) is 96.7 Å². The van der Waals surface area contributed by atoms with Crippen LogP contribution >= 0.6 is 15.6 Å². The standard InChI is InChI=1S/C67H130O17P2/c1-5-9-13-17-21-25-27-29-31-33-35-37-41-44-48-52-65(70)78-58-63(84-67(72)54-50-46-42-38-36-34-32-30-28-26-22-18-14-10-6-2)60-82-86(75,76)80-56-61(68)55-79-85(73,74)81-59-62(83-66(71)53-49-45-40-24-20-16-12-8-4)57-77-64(69)51-47-43-39-23-19-15-11-7-3/h61-63,68H,5-60H2,1-4H3,(H,73,74)(H,75,76)/t61-,62+,63+/m0/s1. The molecule has 0 aromatic rings. The maximum Gasteiger partial charge on any atom is 0.472 e. The van der Waals surface area contributed by atoms with E-state index in [0.717, 1.165) is 103 Å². The Kier molecular flexibility index (Phi) is 60.5. The maximum absolute atomic E-state index is 13.0. The van der Waals surface area contributed by atoms with E-state index in [0.29, 0.717) is 25.7 Å². The lowest BCUT2D eigenvalue weighted by atomic mass is 10.0. The first-order valence-electron chi connectivity index (χ1n) is 35.3. The van der Waals surface area contributed by atoms with Crippen LogP contribution < -0.4 is 0 Å². The van der Waals surface area contributed by atoms with Crippen molar-refractivity contribution < 1.29 is 80.2 Å². The van der Waals surface area contributed by atoms with Crippen molar-refractivity contribution in [2.75, 3.05) is 39.6 Å². The van der Waals surface area contributed by atoms with E-state index in [2.05, 4.69) is 27.7 Å². The molecule has 0 heterocycles. The highest BCUT2D eigenvalue weighted by Crippen LogP contribution is 2.45. The number of aliphatic hydroxyl groups is 1. The summed E-state index contributed by atoms with van der Waals surface area (Å²) in [5.41, 5.74) is 0. The number of phosphoric ester groups is 2. The normalized spacial score (nSPS) is 14.1. The van der Waals surface area contributed by atoms with E-state index in [1.165, 1.54) is 167 Å². The Hall–Kier alpha value is -1.94. The van der Waals surface area contributed by atoms with Gasteiger partial charge < -0.3 is 33.8 Å². The highest BCUT2D eigenvalue weighted by molar-refractivity contribution is 7.47. The molecule has 0 bridgehead atoms. The van der Waals surface area contributed by atoms with Crippen molar-refractivity contribution in [2.45, 2.75) is 367 Å². The zero-order valence-corrected chi connectivity index (χ0v) is 57.1. The smallest absolute Gasteiger partial charge is 0.462 e. The number of carbonyl (C=O) groups excluding carboxylic acids is 4. The Morgan fingerprint density at radius 3 is 0.686 bits per heavy atom. The zero-order chi connectivity index (χ0) is 63.3. The quantitative estimate of drug-likeness (QED) is 0.0222. The van der Waals surface area contributed by atoms with Gasteiger partial charge in [0.1, 0.15) is 19.3 Å². The number of unbranched alkanes of at least 4 members (excludes halogenated alkanes) is 42. The van der Waals surface area contributed by atoms with Crippen LogP contribution in [0.15, 0.2) is 0 Å². The van der Waals surface area contributed by atoms with Crippen LogP contribution in [0.2, 0.25) is 0 Å². The van der Waals surface area contributed by atoms with Crippen molar-refractivity contribution >= 4 is 39.5 Å². The van der Waals surface area contributed by atoms with Crippen LogP contribution in [0, 0.1) is 0 Å². The molecule has 17 nitrogen and oxygen atoms in total. The molecule has 0 radical (unpaired) electrons. The molecular weight excluding hydrogens is 1140 g/mol. The summed E-state index contributed by atoms with van der Waals surface area (Å²) >= 11 is 0. The molecule has 0 fully saturated rings. The lowest BCUT2D eigenvalue weighted by Gasteiger charge is -2.21. The van der Waals surface area contributed by atoms with Crippen molar-refractivity contribution in [1.29, 1.82) is 0 Å². The molecule has 0 aliphatic rings. The minimum absolute atomic E-state index is 0.105. The molecule has 510 valence electrons. The molecule has 0 aliphatic heterocycles. The van der Waals surface area contributed by atoms with Crippen LogP contribution in [-0.2, 0) is 65.4 Å². The molecule has 5 atom stereocenters. The Morgan fingerprint density at radius 2 is 0.465 bits per heavy atom. The van der Waals surface area contributed by atoms with Crippen LogP contribution in [0.5, 0.6) is 0 Å². The van der Waals surface area contributed by atoms with Gasteiger partial charge in [0.15, 0.2) is 12.2 Å². The van der Waals surface area contributed by atoms with Gasteiger partial charge in [0.05, 0.1) is 26.4 Å². The molecule has 2 unspecified atom stereocenters. The number of hydrogen-bond acceptors (Lipinski definition) is 15. The number of aliphatic hydroxyl groups excluding tert-OH is 1. The SMILES string of the molecule is CCCCCCCCCCCCCCCCCC(=O)OC[C@H](COP(=O)(O)OC[C@@H](O)COP(=O)(O)OC[C@@H](COC(=O)CCCCCCCCCC)OC(=O)CCCCCCCCCC)OC(=O)CCCCCCCCCCCCCCCCC. The molecule has 0 aromatic carbocycles. The molecule has 0 amide bonds. The van der Waals surface area contributed by atoms with Gasteiger partial charge in [-0.2, -0.15) is 0 Å². The first-order valence-corrected chi connectivity index (χ1v) is 38.3. The van der Waals surface area contributed by atoms with E-state index in [9.17, 15) is 43.2 Å². The zero-order valence-electron chi connectivity index (χ0n) is 55.3.